The van der Waals surface area contributed by atoms with Gasteiger partial charge in [-0.1, -0.05) is 39.3 Å². The van der Waals surface area contributed by atoms with Crippen LogP contribution >= 0.6 is 0 Å². The average Bonchev–Trinajstić information content (AvgIpc) is 2.69. The number of hydrogen-bond acceptors (Lipinski definition) is 4. The van der Waals surface area contributed by atoms with Gasteiger partial charge in [0, 0.05) is 31.1 Å². The van der Waals surface area contributed by atoms with Gasteiger partial charge in [-0.05, 0) is 12.8 Å². The zero-order chi connectivity index (χ0) is 19.0. The number of carbonyl (C=O) groups excluding carboxylic acids is 1. The predicted octanol–water partition coefficient (Wildman–Crippen LogP) is 2.55. The van der Waals surface area contributed by atoms with E-state index in [0.717, 1.165) is 6.42 Å². The summed E-state index contributed by atoms with van der Waals surface area (Å²) in [6.45, 7) is 5.46. The smallest absolute Gasteiger partial charge is 0.303 e. The van der Waals surface area contributed by atoms with Crippen LogP contribution in [0.1, 0.15) is 59.3 Å². The molecule has 0 spiro atoms. The van der Waals surface area contributed by atoms with E-state index < -0.39 is 29.5 Å². The van der Waals surface area contributed by atoms with Crippen LogP contribution in [0.5, 0.6) is 0 Å². The molecule has 1 saturated carbocycles. The van der Waals surface area contributed by atoms with Gasteiger partial charge >= 0.3 is 5.97 Å². The molecule has 0 amide bonds. The molecule has 5 heteroatoms. The van der Waals surface area contributed by atoms with E-state index in [-0.39, 0.29) is 18.1 Å². The summed E-state index contributed by atoms with van der Waals surface area (Å²) in [5.74, 6) is 4.26. The highest BCUT2D eigenvalue weighted by Crippen LogP contribution is 2.44. The Kier molecular flexibility index (Phi) is 8.34. The highest BCUT2D eigenvalue weighted by molar-refractivity contribution is 5.90. The first-order valence-corrected chi connectivity index (χ1v) is 8.98. The van der Waals surface area contributed by atoms with Crippen LogP contribution in [0.2, 0.25) is 0 Å². The van der Waals surface area contributed by atoms with Crippen molar-refractivity contribution in [3.63, 3.8) is 0 Å². The number of ketones is 1. The third-order valence-corrected chi connectivity index (χ3v) is 4.82. The van der Waals surface area contributed by atoms with Gasteiger partial charge in [0.05, 0.1) is 17.6 Å². The summed E-state index contributed by atoms with van der Waals surface area (Å²) in [6, 6.07) is 0. The third-order valence-electron chi connectivity index (χ3n) is 4.82. The van der Waals surface area contributed by atoms with Crippen molar-refractivity contribution in [1.82, 2.24) is 0 Å². The molecule has 0 aliphatic heterocycles. The number of Topliss-reactive ketones (excluding diaryl/α,β-unsaturated/α-hetero) is 1. The highest BCUT2D eigenvalue weighted by atomic mass is 16.4. The summed E-state index contributed by atoms with van der Waals surface area (Å²) in [6.07, 6.45) is 4.95. The van der Waals surface area contributed by atoms with E-state index >= 15 is 0 Å². The fourth-order valence-corrected chi connectivity index (χ4v) is 3.21. The van der Waals surface area contributed by atoms with E-state index in [2.05, 4.69) is 11.8 Å². The van der Waals surface area contributed by atoms with Crippen molar-refractivity contribution < 1.29 is 24.9 Å². The summed E-state index contributed by atoms with van der Waals surface area (Å²) < 4.78 is 0. The first kappa shape index (κ1) is 21.4. The summed E-state index contributed by atoms with van der Waals surface area (Å²) in [4.78, 5) is 23.1. The molecule has 0 saturated heterocycles. The van der Waals surface area contributed by atoms with Crippen molar-refractivity contribution in [3.8, 4) is 11.8 Å². The van der Waals surface area contributed by atoms with Crippen molar-refractivity contribution >= 4 is 11.8 Å². The Labute approximate surface area is 150 Å². The molecule has 4 atom stereocenters. The van der Waals surface area contributed by atoms with Crippen molar-refractivity contribution in [2.24, 2.45) is 17.3 Å². The van der Waals surface area contributed by atoms with Crippen molar-refractivity contribution in [2.45, 2.75) is 71.5 Å². The number of unbranched alkanes of at least 4 members (excludes halogenated alkanes) is 1. The molecule has 140 valence electrons. The molecule has 1 aliphatic carbocycles. The minimum Gasteiger partial charge on any atom is -0.481 e. The molecule has 5 nitrogen and oxygen atoms in total. The molecule has 0 aromatic heterocycles. The van der Waals surface area contributed by atoms with Gasteiger partial charge in [-0.2, -0.15) is 0 Å². The lowest BCUT2D eigenvalue weighted by atomic mass is 9.86. The quantitative estimate of drug-likeness (QED) is 0.355. The number of aliphatic hydroxyl groups excluding tert-OH is 2. The Bertz CT molecular complexity index is 552. The van der Waals surface area contributed by atoms with Gasteiger partial charge in [0.2, 0.25) is 0 Å². The first-order chi connectivity index (χ1) is 11.7. The minimum atomic E-state index is -0.839. The number of rotatable bonds is 8. The van der Waals surface area contributed by atoms with Gasteiger partial charge in [0.25, 0.3) is 0 Å². The standard InChI is InChI=1S/C20H30O5/c1-4-9-14(21)12-13-16-15(18(24)20(2,3)19(16)25)10-7-5-6-8-11-17(22)23/h12-16,19,21,25H,4,6,8-11H2,1-3H3,(H,22,23)/b13-12+/t14-,15+,16+,19-/m0/s1. The SMILES string of the molecule is CCC[C@H](O)/C=C/[C@@H]1[C@@H](CC#CCCCC(=O)O)C(=O)C(C)(C)[C@H]1O. The highest BCUT2D eigenvalue weighted by Gasteiger charge is 2.52. The van der Waals surface area contributed by atoms with Crippen LogP contribution < -0.4 is 0 Å². The largest absolute Gasteiger partial charge is 0.481 e. The Morgan fingerprint density at radius 2 is 2.04 bits per heavy atom. The topological polar surface area (TPSA) is 94.8 Å². The summed E-state index contributed by atoms with van der Waals surface area (Å²) in [5, 5.41) is 29.0. The maximum Gasteiger partial charge on any atom is 0.303 e. The van der Waals surface area contributed by atoms with Gasteiger partial charge in [-0.25, -0.2) is 0 Å². The second kappa shape index (κ2) is 9.74. The second-order valence-corrected chi connectivity index (χ2v) is 7.26. The van der Waals surface area contributed by atoms with Gasteiger partial charge in [0.1, 0.15) is 5.78 Å². The van der Waals surface area contributed by atoms with E-state index in [0.29, 0.717) is 25.7 Å². The molecule has 25 heavy (non-hydrogen) atoms. The van der Waals surface area contributed by atoms with Gasteiger partial charge in [-0.3, -0.25) is 9.59 Å². The molecule has 0 heterocycles. The lowest BCUT2D eigenvalue weighted by Gasteiger charge is -2.22. The van der Waals surface area contributed by atoms with Gasteiger partial charge in [-0.15, -0.1) is 11.8 Å². The van der Waals surface area contributed by atoms with E-state index in [4.69, 9.17) is 5.11 Å². The van der Waals surface area contributed by atoms with Crippen LogP contribution in [0.4, 0.5) is 0 Å². The molecular formula is C20H30O5. The van der Waals surface area contributed by atoms with Crippen molar-refractivity contribution in [1.29, 1.82) is 0 Å². The number of aliphatic hydroxyl groups is 2. The normalized spacial score (nSPS) is 26.4. The lowest BCUT2D eigenvalue weighted by Crippen LogP contribution is -2.31. The number of carboxylic acids is 1. The van der Waals surface area contributed by atoms with Crippen LogP contribution in [0.25, 0.3) is 0 Å². The molecule has 0 aromatic rings. The number of carbonyl (C=O) groups is 2. The average molecular weight is 350 g/mol. The molecule has 1 fully saturated rings. The van der Waals surface area contributed by atoms with E-state index in [1.165, 1.54) is 0 Å². The fraction of sp³-hybridized carbons (Fsp3) is 0.700. The summed E-state index contributed by atoms with van der Waals surface area (Å²) in [7, 11) is 0. The monoisotopic (exact) mass is 350 g/mol. The first-order valence-electron chi connectivity index (χ1n) is 8.98. The van der Waals surface area contributed by atoms with Crippen LogP contribution in [-0.4, -0.2) is 39.3 Å². The Hall–Kier alpha value is -1.64. The lowest BCUT2D eigenvalue weighted by molar-refractivity contribution is -0.137. The fourth-order valence-electron chi connectivity index (χ4n) is 3.21. The van der Waals surface area contributed by atoms with Crippen LogP contribution in [-0.2, 0) is 9.59 Å². The molecule has 1 rings (SSSR count). The Balaban J connectivity index is 2.76. The molecule has 1 aliphatic rings. The molecule has 0 radical (unpaired) electrons. The van der Waals surface area contributed by atoms with E-state index in [1.54, 1.807) is 26.0 Å². The second-order valence-electron chi connectivity index (χ2n) is 7.26. The molecule has 0 unspecified atom stereocenters. The van der Waals surface area contributed by atoms with Crippen LogP contribution in [0.15, 0.2) is 12.2 Å². The zero-order valence-corrected chi connectivity index (χ0v) is 15.4. The Morgan fingerprint density at radius 3 is 2.64 bits per heavy atom. The van der Waals surface area contributed by atoms with Crippen molar-refractivity contribution in [3.05, 3.63) is 12.2 Å². The van der Waals surface area contributed by atoms with Gasteiger partial charge < -0.3 is 15.3 Å². The molecule has 0 bridgehead atoms. The predicted molar refractivity (Wildman–Crippen MR) is 95.7 cm³/mol. The number of carboxylic acid groups (broad SMARTS) is 1. The summed E-state index contributed by atoms with van der Waals surface area (Å²) >= 11 is 0. The zero-order valence-electron chi connectivity index (χ0n) is 15.4. The maximum atomic E-state index is 12.6. The Morgan fingerprint density at radius 1 is 1.36 bits per heavy atom. The summed E-state index contributed by atoms with van der Waals surface area (Å²) in [5.41, 5.74) is -0.833. The van der Waals surface area contributed by atoms with E-state index in [9.17, 15) is 19.8 Å². The maximum absolute atomic E-state index is 12.6. The number of aliphatic carboxylic acids is 1. The minimum absolute atomic E-state index is 0.0144. The molecular weight excluding hydrogens is 320 g/mol. The van der Waals surface area contributed by atoms with E-state index in [1.807, 2.05) is 6.92 Å². The van der Waals surface area contributed by atoms with Crippen LogP contribution in [0.3, 0.4) is 0 Å². The molecule has 3 N–H and O–H groups in total. The third kappa shape index (κ3) is 5.98. The number of hydrogen-bond donors (Lipinski definition) is 3. The van der Waals surface area contributed by atoms with Gasteiger partial charge in [0.15, 0.2) is 0 Å². The van der Waals surface area contributed by atoms with Crippen molar-refractivity contribution in [2.75, 3.05) is 0 Å². The van der Waals surface area contributed by atoms with Crippen LogP contribution in [0, 0.1) is 29.1 Å². The molecule has 0 aromatic carbocycles.